The summed E-state index contributed by atoms with van der Waals surface area (Å²) in [6.45, 7) is 2.38. The molecule has 0 heteroatoms. The van der Waals surface area contributed by atoms with E-state index in [1.807, 2.05) is 0 Å². The third-order valence-corrected chi connectivity index (χ3v) is 10.5. The molecular formula is C26H44. The van der Waals surface area contributed by atoms with Gasteiger partial charge in [-0.05, 0) is 91.8 Å². The lowest BCUT2D eigenvalue weighted by Crippen LogP contribution is -2.41. The van der Waals surface area contributed by atoms with E-state index >= 15 is 0 Å². The van der Waals surface area contributed by atoms with Crippen LogP contribution in [-0.2, 0) is 0 Å². The quantitative estimate of drug-likeness (QED) is 0.447. The van der Waals surface area contributed by atoms with E-state index in [4.69, 9.17) is 0 Å². The summed E-state index contributed by atoms with van der Waals surface area (Å²) in [5.41, 5.74) is 0.831. The molecule has 0 saturated heterocycles. The van der Waals surface area contributed by atoms with Crippen molar-refractivity contribution in [1.82, 2.24) is 0 Å². The van der Waals surface area contributed by atoms with Gasteiger partial charge >= 0.3 is 0 Å². The maximum absolute atomic E-state index is 2.38. The summed E-state index contributed by atoms with van der Waals surface area (Å²) < 4.78 is 0. The summed E-state index contributed by atoms with van der Waals surface area (Å²) in [5.74, 6) is 8.05. The van der Waals surface area contributed by atoms with E-state index in [0.29, 0.717) is 0 Å². The van der Waals surface area contributed by atoms with E-state index < -0.39 is 0 Å². The molecule has 0 amide bonds. The molecule has 0 aromatic heterocycles. The van der Waals surface area contributed by atoms with Crippen LogP contribution in [0.2, 0.25) is 0 Å². The van der Waals surface area contributed by atoms with Crippen molar-refractivity contribution in [3.05, 3.63) is 0 Å². The Morgan fingerprint density at radius 3 is 1.69 bits per heavy atom. The molecule has 0 heterocycles. The van der Waals surface area contributed by atoms with E-state index in [-0.39, 0.29) is 0 Å². The Bertz CT molecular complexity index is 456. The first-order valence-corrected chi connectivity index (χ1v) is 12.9. The molecule has 0 aliphatic heterocycles. The van der Waals surface area contributed by atoms with Gasteiger partial charge in [0.2, 0.25) is 0 Å². The van der Waals surface area contributed by atoms with Gasteiger partial charge < -0.3 is 0 Å². The Morgan fingerprint density at radius 2 is 1.12 bits per heavy atom. The van der Waals surface area contributed by atoms with E-state index in [9.17, 15) is 0 Å². The molecule has 5 aliphatic carbocycles. The molecule has 5 rings (SSSR count). The van der Waals surface area contributed by atoms with Gasteiger partial charge in [0, 0.05) is 0 Å². The van der Waals surface area contributed by atoms with E-state index in [1.54, 1.807) is 89.9 Å². The Balaban J connectivity index is 1.48. The molecule has 0 N–H and O–H groups in total. The highest BCUT2D eigenvalue weighted by atomic mass is 14.7. The summed E-state index contributed by atoms with van der Waals surface area (Å²) in [4.78, 5) is 0. The Hall–Kier alpha value is 0. The summed E-state index contributed by atoms with van der Waals surface area (Å²) in [7, 11) is 0. The minimum atomic E-state index is 0.831. The molecule has 0 nitrogen and oxygen atoms in total. The monoisotopic (exact) mass is 356 g/mol. The van der Waals surface area contributed by atoms with E-state index in [2.05, 4.69) is 6.92 Å². The van der Waals surface area contributed by atoms with Crippen molar-refractivity contribution in [2.75, 3.05) is 0 Å². The number of rotatable bonds is 4. The van der Waals surface area contributed by atoms with Crippen molar-refractivity contribution in [3.8, 4) is 0 Å². The second kappa shape index (κ2) is 7.44. The summed E-state index contributed by atoms with van der Waals surface area (Å²) in [6.07, 6.45) is 26.8. The maximum atomic E-state index is 2.38. The van der Waals surface area contributed by atoms with Crippen molar-refractivity contribution in [3.63, 3.8) is 0 Å². The summed E-state index contributed by atoms with van der Waals surface area (Å²) in [5, 5.41) is 0. The van der Waals surface area contributed by atoms with Gasteiger partial charge in [0.1, 0.15) is 0 Å². The Kier molecular flexibility index (Phi) is 5.17. The fourth-order valence-electron chi connectivity index (χ4n) is 9.93. The number of fused-ring (bicyclic) bond motifs is 7. The minimum absolute atomic E-state index is 0.831. The van der Waals surface area contributed by atoms with Gasteiger partial charge in [-0.15, -0.1) is 0 Å². The van der Waals surface area contributed by atoms with Crippen LogP contribution in [-0.4, -0.2) is 0 Å². The van der Waals surface area contributed by atoms with Gasteiger partial charge in [0.05, 0.1) is 0 Å². The molecule has 0 aromatic rings. The molecule has 148 valence electrons. The second-order valence-corrected chi connectivity index (χ2v) is 11.2. The highest BCUT2D eigenvalue weighted by Crippen LogP contribution is 2.74. The minimum Gasteiger partial charge on any atom is -0.0654 e. The van der Waals surface area contributed by atoms with Gasteiger partial charge in [-0.3, -0.25) is 0 Å². The van der Waals surface area contributed by atoms with Crippen LogP contribution >= 0.6 is 0 Å². The third kappa shape index (κ3) is 2.67. The maximum Gasteiger partial charge on any atom is -0.0202 e. The van der Waals surface area contributed by atoms with Crippen LogP contribution in [0.3, 0.4) is 0 Å². The molecule has 0 aromatic carbocycles. The van der Waals surface area contributed by atoms with Crippen LogP contribution in [0.5, 0.6) is 0 Å². The van der Waals surface area contributed by atoms with Crippen molar-refractivity contribution in [1.29, 1.82) is 0 Å². The standard InChI is InChI=1S/C26H44/c1-2-3-4-11-19-18-26(23-15-8-5-12-20(19)23)24-16-9-6-13-21(24)22-14-7-10-17-25(22)26/h19-25H,2-18H2,1H3. The Labute approximate surface area is 163 Å². The molecule has 7 unspecified atom stereocenters. The molecule has 7 atom stereocenters. The lowest BCUT2D eigenvalue weighted by Gasteiger charge is -2.48. The van der Waals surface area contributed by atoms with Crippen LogP contribution in [0.25, 0.3) is 0 Å². The van der Waals surface area contributed by atoms with Gasteiger partial charge in [-0.2, -0.15) is 0 Å². The molecule has 5 aliphatic rings. The fourth-order valence-corrected chi connectivity index (χ4v) is 9.93. The first kappa shape index (κ1) is 18.1. The highest BCUT2D eigenvalue weighted by molar-refractivity contribution is 5.15. The second-order valence-electron chi connectivity index (χ2n) is 11.2. The zero-order chi connectivity index (χ0) is 17.6. The number of hydrogen-bond donors (Lipinski definition) is 0. The van der Waals surface area contributed by atoms with Crippen LogP contribution in [0, 0.1) is 46.8 Å². The fraction of sp³-hybridized carbons (Fsp3) is 1.00. The van der Waals surface area contributed by atoms with Crippen LogP contribution in [0.1, 0.15) is 116 Å². The van der Waals surface area contributed by atoms with E-state index in [0.717, 1.165) is 46.8 Å². The van der Waals surface area contributed by atoms with Crippen molar-refractivity contribution >= 4 is 0 Å². The molecule has 26 heavy (non-hydrogen) atoms. The largest absolute Gasteiger partial charge is 0.0654 e. The van der Waals surface area contributed by atoms with Gasteiger partial charge in [-0.25, -0.2) is 0 Å². The number of unbranched alkanes of at least 4 members (excludes halogenated alkanes) is 2. The van der Waals surface area contributed by atoms with Crippen LogP contribution < -0.4 is 0 Å². The molecule has 1 spiro atoms. The molecule has 5 saturated carbocycles. The molecule has 0 bridgehead atoms. The van der Waals surface area contributed by atoms with Gasteiger partial charge in [-0.1, -0.05) is 71.1 Å². The third-order valence-electron chi connectivity index (χ3n) is 10.5. The van der Waals surface area contributed by atoms with Gasteiger partial charge in [0.15, 0.2) is 0 Å². The van der Waals surface area contributed by atoms with E-state index in [1.165, 1.54) is 19.3 Å². The highest BCUT2D eigenvalue weighted by Gasteiger charge is 2.67. The molecular weight excluding hydrogens is 312 g/mol. The van der Waals surface area contributed by atoms with Gasteiger partial charge in [0.25, 0.3) is 0 Å². The summed E-state index contributed by atoms with van der Waals surface area (Å²) in [6, 6.07) is 0. The first-order chi connectivity index (χ1) is 12.9. The topological polar surface area (TPSA) is 0 Å². The Morgan fingerprint density at radius 1 is 0.615 bits per heavy atom. The first-order valence-electron chi connectivity index (χ1n) is 12.9. The van der Waals surface area contributed by atoms with Crippen molar-refractivity contribution in [2.24, 2.45) is 46.8 Å². The molecule has 0 radical (unpaired) electrons. The van der Waals surface area contributed by atoms with Crippen molar-refractivity contribution < 1.29 is 0 Å². The summed E-state index contributed by atoms with van der Waals surface area (Å²) >= 11 is 0. The SMILES string of the molecule is CCCCCC1CC2(C3CCCCC13)C1CCCCC1C1CCCCC12. The number of hydrogen-bond acceptors (Lipinski definition) is 0. The smallest absolute Gasteiger partial charge is 0.0202 e. The van der Waals surface area contributed by atoms with Crippen LogP contribution in [0.4, 0.5) is 0 Å². The normalized spacial score (nSPS) is 50.4. The molecule has 5 fully saturated rings. The average molecular weight is 357 g/mol. The zero-order valence-electron chi connectivity index (χ0n) is 17.6. The zero-order valence-corrected chi connectivity index (χ0v) is 17.6. The lowest BCUT2D eigenvalue weighted by molar-refractivity contribution is 0.00817. The van der Waals surface area contributed by atoms with Crippen LogP contribution in [0.15, 0.2) is 0 Å². The predicted octanol–water partition coefficient (Wildman–Crippen LogP) is 8.01. The predicted molar refractivity (Wildman–Crippen MR) is 111 cm³/mol. The lowest BCUT2D eigenvalue weighted by atomic mass is 9.57. The average Bonchev–Trinajstić information content (AvgIpc) is 3.18. The van der Waals surface area contributed by atoms with Crippen molar-refractivity contribution in [2.45, 2.75) is 116 Å².